The number of ether oxygens (including phenoxy) is 3. The molecule has 2 aromatic heterocycles. The molecule has 3 aliphatic rings. The molecule has 5 amide bonds. The number of hydrogen-bond acceptors (Lipinski definition) is 13. The van der Waals surface area contributed by atoms with Crippen molar-refractivity contribution in [1.82, 2.24) is 30.1 Å². The summed E-state index contributed by atoms with van der Waals surface area (Å²) in [6.45, 7) is 1.71. The minimum Gasteiger partial charge on any atom is -0.492 e. The molecule has 0 radical (unpaired) electrons. The predicted octanol–water partition coefficient (Wildman–Crippen LogP) is 2.66. The highest BCUT2D eigenvalue weighted by atomic mass is 35.5. The average molecular weight is 787 g/mol. The van der Waals surface area contributed by atoms with E-state index in [1.54, 1.807) is 37.4 Å². The normalized spacial score (nSPS) is 18.2. The first kappa shape index (κ1) is 38.2. The number of nitrogens with zero attached hydrogens (tertiary/aromatic N) is 5. The van der Waals surface area contributed by atoms with Crippen LogP contribution in [0, 0.1) is 5.92 Å². The Morgan fingerprint density at radius 1 is 1.04 bits per heavy atom. The first-order valence-corrected chi connectivity index (χ1v) is 18.5. The molecule has 5 heterocycles. The lowest BCUT2D eigenvalue weighted by Crippen LogP contribution is -2.54. The van der Waals surface area contributed by atoms with E-state index in [2.05, 4.69) is 20.9 Å². The lowest BCUT2D eigenvalue weighted by Gasteiger charge is -2.33. The quantitative estimate of drug-likeness (QED) is 0.167. The van der Waals surface area contributed by atoms with Crippen molar-refractivity contribution >= 4 is 69.5 Å². The van der Waals surface area contributed by atoms with E-state index >= 15 is 0 Å². The zero-order chi connectivity index (χ0) is 39.5. The molecule has 17 nitrogen and oxygen atoms in total. The summed E-state index contributed by atoms with van der Waals surface area (Å²) in [6, 6.07) is 10.7. The van der Waals surface area contributed by atoms with E-state index in [9.17, 15) is 28.8 Å². The molecular weight excluding hydrogens is 748 g/mol. The van der Waals surface area contributed by atoms with E-state index in [1.165, 1.54) is 23.9 Å². The average Bonchev–Trinajstić information content (AvgIpc) is 3.45. The molecule has 3 N–H and O–H groups in total. The number of pyridine rings is 1. The Hall–Kier alpha value is -6.07. The van der Waals surface area contributed by atoms with E-state index in [4.69, 9.17) is 30.8 Å². The van der Waals surface area contributed by atoms with Crippen LogP contribution in [0.25, 0.3) is 10.9 Å². The molecule has 0 saturated carbocycles. The van der Waals surface area contributed by atoms with Gasteiger partial charge in [-0.25, -0.2) is 4.98 Å². The number of anilines is 3. The Bertz CT molecular complexity index is 2300. The smallest absolute Gasteiger partial charge is 0.293 e. The Kier molecular flexibility index (Phi) is 11.2. The number of methoxy groups -OCH3 is 1. The molecule has 7 rings (SSSR count). The van der Waals surface area contributed by atoms with Crippen LogP contribution < -0.4 is 35.9 Å². The Morgan fingerprint density at radius 3 is 2.66 bits per heavy atom. The minimum atomic E-state index is -1.07. The molecule has 0 spiro atoms. The lowest BCUT2D eigenvalue weighted by molar-refractivity contribution is -0.136. The fraction of sp³-hybridized carbons (Fsp3) is 0.368. The summed E-state index contributed by atoms with van der Waals surface area (Å²) in [6.07, 6.45) is 3.26. The second-order valence-corrected chi connectivity index (χ2v) is 14.0. The molecule has 4 aromatic rings. The summed E-state index contributed by atoms with van der Waals surface area (Å²) >= 11 is 6.57. The molecule has 2 atom stereocenters. The standard InChI is InChI=1S/C38H39ClN8O9/c1-40-31(49)20-56-29-16-22-15-23(8-9-26(22)46(36(29)52)13-14-54-2)42-33-25(39)17-41-38(44-33)45-12-4-5-21(18-45)19-55-28-7-3-6-24-32(28)37(53)47(35(24)51)27-10-11-30(48)43-34(27)50/h3,6-9,15-17,21,27H,4-5,10-14,18-20H2,1-2H3,(H,40,49)(H,41,42,44)(H,43,48,50)/t21-,27?/m0/s1. The number of halogens is 1. The van der Waals surface area contributed by atoms with Gasteiger partial charge in [0.2, 0.25) is 17.8 Å². The number of benzene rings is 2. The zero-order valence-corrected chi connectivity index (χ0v) is 31.4. The molecular formula is C38H39ClN8O9. The van der Waals surface area contributed by atoms with Gasteiger partial charge in [0.25, 0.3) is 23.3 Å². The molecule has 292 valence electrons. The second-order valence-electron chi connectivity index (χ2n) is 13.6. The van der Waals surface area contributed by atoms with Gasteiger partial charge in [0.15, 0.2) is 18.2 Å². The number of hydrogen-bond donors (Lipinski definition) is 3. The number of amides is 5. The van der Waals surface area contributed by atoms with Gasteiger partial charge in [-0.15, -0.1) is 0 Å². The third-order valence-corrected chi connectivity index (χ3v) is 10.2. The summed E-state index contributed by atoms with van der Waals surface area (Å²) in [5.41, 5.74) is 1.14. The number of nitrogens with one attached hydrogen (secondary N) is 3. The van der Waals surface area contributed by atoms with E-state index < -0.39 is 29.7 Å². The number of aromatic nitrogens is 3. The maximum Gasteiger partial charge on any atom is 0.293 e. The highest BCUT2D eigenvalue weighted by Crippen LogP contribution is 2.35. The maximum atomic E-state index is 13.5. The first-order chi connectivity index (χ1) is 27.1. The van der Waals surface area contributed by atoms with Crippen molar-refractivity contribution in [3.05, 3.63) is 75.2 Å². The van der Waals surface area contributed by atoms with Crippen LogP contribution in [-0.2, 0) is 25.7 Å². The molecule has 3 aliphatic heterocycles. The van der Waals surface area contributed by atoms with Crippen LogP contribution >= 0.6 is 11.6 Å². The Morgan fingerprint density at radius 2 is 1.88 bits per heavy atom. The maximum absolute atomic E-state index is 13.5. The molecule has 56 heavy (non-hydrogen) atoms. The molecule has 2 fully saturated rings. The molecule has 0 bridgehead atoms. The molecule has 2 saturated heterocycles. The van der Waals surface area contributed by atoms with Crippen molar-refractivity contribution in [2.45, 2.75) is 38.3 Å². The number of carbonyl (C=O) groups is 5. The summed E-state index contributed by atoms with van der Waals surface area (Å²) in [4.78, 5) is 88.2. The van der Waals surface area contributed by atoms with Crippen LogP contribution in [0.5, 0.6) is 11.5 Å². The predicted molar refractivity (Wildman–Crippen MR) is 204 cm³/mol. The number of rotatable bonds is 13. The number of piperidine rings is 2. The van der Waals surface area contributed by atoms with Gasteiger partial charge in [0.05, 0.1) is 36.1 Å². The van der Waals surface area contributed by atoms with Gasteiger partial charge >= 0.3 is 0 Å². The highest BCUT2D eigenvalue weighted by Gasteiger charge is 2.46. The number of fused-ring (bicyclic) bond motifs is 2. The first-order valence-electron chi connectivity index (χ1n) is 18.1. The fourth-order valence-corrected chi connectivity index (χ4v) is 7.23. The summed E-state index contributed by atoms with van der Waals surface area (Å²) in [5.74, 6) is -1.62. The van der Waals surface area contributed by atoms with Crippen LogP contribution in [-0.4, -0.2) is 102 Å². The third kappa shape index (κ3) is 7.72. The Labute approximate surface area is 325 Å². The van der Waals surface area contributed by atoms with Crippen molar-refractivity contribution in [2.24, 2.45) is 5.92 Å². The summed E-state index contributed by atoms with van der Waals surface area (Å²) in [5, 5.41) is 8.90. The van der Waals surface area contributed by atoms with Crippen molar-refractivity contribution in [1.29, 1.82) is 0 Å². The van der Waals surface area contributed by atoms with Gasteiger partial charge in [-0.05, 0) is 55.7 Å². The second kappa shape index (κ2) is 16.3. The van der Waals surface area contributed by atoms with Gasteiger partial charge in [-0.2, -0.15) is 4.98 Å². The van der Waals surface area contributed by atoms with Gasteiger partial charge in [-0.1, -0.05) is 17.7 Å². The Balaban J connectivity index is 1.05. The highest BCUT2D eigenvalue weighted by molar-refractivity contribution is 6.33. The van der Waals surface area contributed by atoms with Gasteiger partial charge in [-0.3, -0.25) is 39.0 Å². The zero-order valence-electron chi connectivity index (χ0n) is 30.6. The fourth-order valence-electron chi connectivity index (χ4n) is 7.09. The van der Waals surface area contributed by atoms with Gasteiger partial charge in [0.1, 0.15) is 16.8 Å². The summed E-state index contributed by atoms with van der Waals surface area (Å²) in [7, 11) is 3.03. The van der Waals surface area contributed by atoms with Crippen LogP contribution in [0.4, 0.5) is 17.5 Å². The van der Waals surface area contributed by atoms with Crippen molar-refractivity contribution in [3.8, 4) is 11.5 Å². The van der Waals surface area contributed by atoms with E-state index in [1.807, 2.05) is 11.0 Å². The van der Waals surface area contributed by atoms with Crippen molar-refractivity contribution in [2.75, 3.05) is 57.3 Å². The van der Waals surface area contributed by atoms with Gasteiger partial charge in [0, 0.05) is 57.2 Å². The number of likely N-dealkylation sites (N-methyl/N-ethyl adjacent to an activating group) is 1. The molecule has 18 heteroatoms. The summed E-state index contributed by atoms with van der Waals surface area (Å²) < 4.78 is 18.5. The molecule has 2 aromatic carbocycles. The van der Waals surface area contributed by atoms with Crippen LogP contribution in [0.3, 0.4) is 0 Å². The van der Waals surface area contributed by atoms with Crippen LogP contribution in [0.1, 0.15) is 46.4 Å². The van der Waals surface area contributed by atoms with E-state index in [0.29, 0.717) is 41.4 Å². The molecule has 0 aliphatic carbocycles. The number of imide groups is 2. The lowest BCUT2D eigenvalue weighted by atomic mass is 9.99. The van der Waals surface area contributed by atoms with E-state index in [-0.39, 0.29) is 84.2 Å². The van der Waals surface area contributed by atoms with Gasteiger partial charge < -0.3 is 34.3 Å². The van der Waals surface area contributed by atoms with Crippen LogP contribution in [0.15, 0.2) is 53.5 Å². The number of carbonyl (C=O) groups excluding carboxylic acids is 5. The topological polar surface area (TPSA) is 203 Å². The van der Waals surface area contributed by atoms with E-state index in [0.717, 1.165) is 17.7 Å². The molecule has 1 unspecified atom stereocenters. The SMILES string of the molecule is CNC(=O)COc1cc2cc(Nc3nc(N4CCC[C@H](COc5cccc6c5C(=O)N(C5CCC(=O)NC5=O)C6=O)C4)ncc3Cl)ccc2n(CCOC)c1=O. The largest absolute Gasteiger partial charge is 0.492 e. The van der Waals surface area contributed by atoms with Crippen molar-refractivity contribution in [3.63, 3.8) is 0 Å². The minimum absolute atomic E-state index is 0.0183. The monoisotopic (exact) mass is 786 g/mol. The third-order valence-electron chi connectivity index (χ3n) is 9.92. The van der Waals surface area contributed by atoms with Crippen molar-refractivity contribution < 1.29 is 38.2 Å². The van der Waals surface area contributed by atoms with Crippen LogP contribution in [0.2, 0.25) is 5.02 Å².